The number of nitro benzene ring substituents is 1. The van der Waals surface area contributed by atoms with Gasteiger partial charge >= 0.3 is 0 Å². The zero-order valence-electron chi connectivity index (χ0n) is 18.4. The van der Waals surface area contributed by atoms with Crippen molar-refractivity contribution in [2.45, 2.75) is 10.1 Å². The monoisotopic (exact) mass is 570 g/mol. The van der Waals surface area contributed by atoms with E-state index < -0.39 is 10.8 Å². The van der Waals surface area contributed by atoms with E-state index in [1.165, 1.54) is 18.2 Å². The Balaban J connectivity index is 1.56. The number of nitriles is 1. The SMILES string of the molecule is N#C/C(=C\c1ccc(Sc2n[nH]c(-c3ccc(Cl)cc3Cl)n2)c([N+](=O)[O-])c1)C(=O)Nc1ccc(Cl)cc1. The predicted molar refractivity (Wildman–Crippen MR) is 143 cm³/mol. The number of nitrogens with one attached hydrogen (secondary N) is 2. The highest BCUT2D eigenvalue weighted by molar-refractivity contribution is 7.99. The fourth-order valence-electron chi connectivity index (χ4n) is 3.09. The van der Waals surface area contributed by atoms with Gasteiger partial charge in [0.1, 0.15) is 11.6 Å². The van der Waals surface area contributed by atoms with Crippen LogP contribution < -0.4 is 5.32 Å². The third-order valence-corrected chi connectivity index (χ3v) is 6.54. The molecule has 184 valence electrons. The van der Waals surface area contributed by atoms with Crippen molar-refractivity contribution in [1.29, 1.82) is 5.26 Å². The fourth-order valence-corrected chi connectivity index (χ4v) is 4.52. The molecule has 4 rings (SSSR count). The molecule has 0 atom stereocenters. The molecular formula is C24H13Cl3N6O3S. The number of benzene rings is 3. The van der Waals surface area contributed by atoms with Crippen LogP contribution in [0.1, 0.15) is 5.56 Å². The van der Waals surface area contributed by atoms with Gasteiger partial charge in [-0.15, -0.1) is 5.10 Å². The Kier molecular flexibility index (Phi) is 8.11. The van der Waals surface area contributed by atoms with Crippen LogP contribution in [0.15, 0.2) is 76.3 Å². The zero-order chi connectivity index (χ0) is 26.5. The van der Waals surface area contributed by atoms with Crippen LogP contribution in [-0.2, 0) is 4.79 Å². The highest BCUT2D eigenvalue weighted by atomic mass is 35.5. The largest absolute Gasteiger partial charge is 0.321 e. The van der Waals surface area contributed by atoms with Gasteiger partial charge in [-0.3, -0.25) is 20.0 Å². The molecule has 0 saturated carbocycles. The summed E-state index contributed by atoms with van der Waals surface area (Å²) < 4.78 is 0. The smallest absolute Gasteiger partial charge is 0.283 e. The second kappa shape index (κ2) is 11.5. The average Bonchev–Trinajstić information content (AvgIpc) is 3.32. The molecule has 4 aromatic rings. The standard InChI is InChI=1S/C24H13Cl3N6O3S/c25-15-2-5-17(6-3-15)29-23(34)14(12-28)9-13-1-8-21(20(10-13)33(35)36)37-24-30-22(31-32-24)18-7-4-16(26)11-19(18)27/h1-11H,(H,29,34)(H,30,31,32)/b14-9+. The first kappa shape index (κ1) is 26.2. The first-order valence-electron chi connectivity index (χ1n) is 10.3. The molecule has 0 bridgehead atoms. The van der Waals surface area contributed by atoms with E-state index in [0.717, 1.165) is 11.8 Å². The van der Waals surface area contributed by atoms with Crippen LogP contribution in [0.4, 0.5) is 11.4 Å². The molecule has 9 nitrogen and oxygen atoms in total. The minimum atomic E-state index is -0.667. The summed E-state index contributed by atoms with van der Waals surface area (Å²) in [5.41, 5.74) is 0.830. The number of halogens is 3. The lowest BCUT2D eigenvalue weighted by atomic mass is 10.1. The third kappa shape index (κ3) is 6.47. The van der Waals surface area contributed by atoms with E-state index in [0.29, 0.717) is 37.7 Å². The number of amides is 1. The van der Waals surface area contributed by atoms with Crippen LogP contribution in [-0.4, -0.2) is 26.0 Å². The number of aromatic amines is 1. The number of rotatable bonds is 7. The number of aromatic nitrogens is 3. The van der Waals surface area contributed by atoms with Crippen LogP contribution in [0.5, 0.6) is 0 Å². The average molecular weight is 572 g/mol. The summed E-state index contributed by atoms with van der Waals surface area (Å²) in [4.78, 5) is 28.3. The molecule has 0 fully saturated rings. The van der Waals surface area contributed by atoms with E-state index in [2.05, 4.69) is 20.5 Å². The molecule has 37 heavy (non-hydrogen) atoms. The number of H-pyrrole nitrogens is 1. The maximum absolute atomic E-state index is 12.5. The number of nitro groups is 1. The van der Waals surface area contributed by atoms with Gasteiger partial charge in [-0.2, -0.15) is 5.26 Å². The molecule has 1 aromatic heterocycles. The first-order valence-corrected chi connectivity index (χ1v) is 12.2. The number of nitrogens with zero attached hydrogens (tertiary/aromatic N) is 4. The molecular weight excluding hydrogens is 559 g/mol. The van der Waals surface area contributed by atoms with Gasteiger partial charge in [0.25, 0.3) is 11.6 Å². The molecule has 13 heteroatoms. The Hall–Kier alpha value is -3.88. The van der Waals surface area contributed by atoms with Gasteiger partial charge in [0.15, 0.2) is 5.82 Å². The Labute approximate surface area is 229 Å². The first-order chi connectivity index (χ1) is 17.7. The van der Waals surface area contributed by atoms with Gasteiger partial charge in [-0.05, 0) is 71.9 Å². The lowest BCUT2D eigenvalue weighted by Gasteiger charge is -2.05. The van der Waals surface area contributed by atoms with Gasteiger partial charge < -0.3 is 5.32 Å². The lowest BCUT2D eigenvalue weighted by Crippen LogP contribution is -2.13. The van der Waals surface area contributed by atoms with Crippen molar-refractivity contribution in [2.24, 2.45) is 0 Å². The Morgan fingerprint density at radius 2 is 1.81 bits per heavy atom. The van der Waals surface area contributed by atoms with Crippen molar-refractivity contribution in [3.63, 3.8) is 0 Å². The van der Waals surface area contributed by atoms with E-state index in [9.17, 15) is 20.2 Å². The van der Waals surface area contributed by atoms with Gasteiger partial charge in [-0.25, -0.2) is 4.98 Å². The molecule has 0 spiro atoms. The van der Waals surface area contributed by atoms with E-state index >= 15 is 0 Å². The van der Waals surface area contributed by atoms with Crippen molar-refractivity contribution >= 4 is 69.9 Å². The van der Waals surface area contributed by atoms with Crippen LogP contribution >= 0.6 is 46.6 Å². The zero-order valence-corrected chi connectivity index (χ0v) is 21.5. The van der Waals surface area contributed by atoms with Crippen molar-refractivity contribution < 1.29 is 9.72 Å². The fraction of sp³-hybridized carbons (Fsp3) is 0. The predicted octanol–water partition coefficient (Wildman–Crippen LogP) is 7.04. The number of hydrogen-bond donors (Lipinski definition) is 2. The molecule has 1 amide bonds. The topological polar surface area (TPSA) is 138 Å². The van der Waals surface area contributed by atoms with Crippen LogP contribution in [0.2, 0.25) is 15.1 Å². The van der Waals surface area contributed by atoms with Crippen molar-refractivity contribution in [1.82, 2.24) is 15.2 Å². The summed E-state index contributed by atoms with van der Waals surface area (Å²) in [7, 11) is 0. The summed E-state index contributed by atoms with van der Waals surface area (Å²) in [6, 6.07) is 17.4. The normalized spacial score (nSPS) is 11.1. The minimum absolute atomic E-state index is 0.229. The number of anilines is 1. The summed E-state index contributed by atoms with van der Waals surface area (Å²) in [5.74, 6) is -0.295. The second-order valence-electron chi connectivity index (χ2n) is 7.31. The van der Waals surface area contributed by atoms with Crippen molar-refractivity contribution in [3.8, 4) is 17.5 Å². The summed E-state index contributed by atoms with van der Waals surface area (Å²) in [5, 5.41) is 32.2. The van der Waals surface area contributed by atoms with Gasteiger partial charge in [0.2, 0.25) is 5.16 Å². The summed E-state index contributed by atoms with van der Waals surface area (Å²) >= 11 is 19.0. The number of carbonyl (C=O) groups excluding carboxylic acids is 1. The molecule has 0 aliphatic rings. The molecule has 3 aromatic carbocycles. The molecule has 0 radical (unpaired) electrons. The van der Waals surface area contributed by atoms with E-state index in [1.807, 2.05) is 6.07 Å². The molecule has 0 aliphatic carbocycles. The molecule has 2 N–H and O–H groups in total. The van der Waals surface area contributed by atoms with Crippen LogP contribution in [0.25, 0.3) is 17.5 Å². The minimum Gasteiger partial charge on any atom is -0.321 e. The molecule has 0 aliphatic heterocycles. The van der Waals surface area contributed by atoms with E-state index in [1.54, 1.807) is 48.5 Å². The number of carbonyl (C=O) groups is 1. The quantitative estimate of drug-likeness (QED) is 0.105. The highest BCUT2D eigenvalue weighted by Gasteiger charge is 2.19. The maximum atomic E-state index is 12.5. The summed E-state index contributed by atoms with van der Waals surface area (Å²) in [6.45, 7) is 0. The Morgan fingerprint density at radius 3 is 2.49 bits per heavy atom. The van der Waals surface area contributed by atoms with Crippen molar-refractivity contribution in [2.75, 3.05) is 5.32 Å². The second-order valence-corrected chi connectivity index (χ2v) is 9.60. The molecule has 0 unspecified atom stereocenters. The van der Waals surface area contributed by atoms with E-state index in [4.69, 9.17) is 34.8 Å². The lowest BCUT2D eigenvalue weighted by molar-refractivity contribution is -0.387. The Morgan fingerprint density at radius 1 is 1.08 bits per heavy atom. The summed E-state index contributed by atoms with van der Waals surface area (Å²) in [6.07, 6.45) is 1.26. The van der Waals surface area contributed by atoms with Gasteiger partial charge in [0.05, 0.1) is 14.8 Å². The van der Waals surface area contributed by atoms with Crippen molar-refractivity contribution in [3.05, 3.63) is 97.0 Å². The van der Waals surface area contributed by atoms with Crippen LogP contribution in [0, 0.1) is 21.4 Å². The number of hydrogen-bond acceptors (Lipinski definition) is 7. The highest BCUT2D eigenvalue weighted by Crippen LogP contribution is 2.36. The van der Waals surface area contributed by atoms with Crippen LogP contribution in [0.3, 0.4) is 0 Å². The van der Waals surface area contributed by atoms with E-state index in [-0.39, 0.29) is 21.3 Å². The van der Waals surface area contributed by atoms with Gasteiger partial charge in [-0.1, -0.05) is 40.9 Å². The molecule has 1 heterocycles. The maximum Gasteiger partial charge on any atom is 0.283 e. The Bertz CT molecular complexity index is 1580. The third-order valence-electron chi connectivity index (χ3n) is 4.81. The molecule has 0 saturated heterocycles. The van der Waals surface area contributed by atoms with Gasteiger partial charge in [0, 0.05) is 27.4 Å².